The van der Waals surface area contributed by atoms with Crippen LogP contribution in [-0.2, 0) is 24.8 Å². The topological polar surface area (TPSA) is 56.1 Å². The molecule has 2 aromatic heterocycles. The summed E-state index contributed by atoms with van der Waals surface area (Å²) in [6.45, 7) is 5.52. The first-order valence-corrected chi connectivity index (χ1v) is 7.75. The van der Waals surface area contributed by atoms with E-state index >= 15 is 0 Å². The fourth-order valence-electron chi connectivity index (χ4n) is 2.40. The van der Waals surface area contributed by atoms with E-state index in [1.165, 1.54) is 5.01 Å². The van der Waals surface area contributed by atoms with Gasteiger partial charge in [0.25, 0.3) is 0 Å². The third kappa shape index (κ3) is 2.89. The third-order valence-electron chi connectivity index (χ3n) is 3.47. The van der Waals surface area contributed by atoms with Crippen LogP contribution >= 0.6 is 11.3 Å². The van der Waals surface area contributed by atoms with Gasteiger partial charge in [0.15, 0.2) is 5.82 Å². The van der Waals surface area contributed by atoms with Gasteiger partial charge in [-0.25, -0.2) is 4.98 Å². The van der Waals surface area contributed by atoms with Gasteiger partial charge in [-0.05, 0) is 6.42 Å². The first kappa shape index (κ1) is 13.7. The van der Waals surface area contributed by atoms with Crippen molar-refractivity contribution in [2.75, 3.05) is 19.7 Å². The standard InChI is InChI=1S/C13H19N5OS/c1-3-12-15-10(8-20-12)6-18-4-5-19-11(7-18)13-16-14-9-17(13)2/h8-9,11H,3-7H2,1-2H3. The lowest BCUT2D eigenvalue weighted by atomic mass is 10.2. The summed E-state index contributed by atoms with van der Waals surface area (Å²) in [5.74, 6) is 0.891. The van der Waals surface area contributed by atoms with E-state index in [1.54, 1.807) is 17.7 Å². The Hall–Kier alpha value is -1.31. The predicted molar refractivity (Wildman–Crippen MR) is 76.5 cm³/mol. The molecule has 108 valence electrons. The maximum atomic E-state index is 5.81. The number of ether oxygens (including phenoxy) is 1. The SMILES string of the molecule is CCc1nc(CN2CCOC(c3nncn3C)C2)cs1. The highest BCUT2D eigenvalue weighted by Crippen LogP contribution is 2.21. The van der Waals surface area contributed by atoms with Gasteiger partial charge >= 0.3 is 0 Å². The van der Waals surface area contributed by atoms with E-state index in [-0.39, 0.29) is 6.10 Å². The van der Waals surface area contributed by atoms with Gasteiger partial charge in [0.2, 0.25) is 0 Å². The molecule has 1 fully saturated rings. The molecular formula is C13H19N5OS. The average Bonchev–Trinajstić information content (AvgIpc) is 3.08. The number of aromatic nitrogens is 4. The van der Waals surface area contributed by atoms with Crippen molar-refractivity contribution in [3.63, 3.8) is 0 Å². The van der Waals surface area contributed by atoms with Crippen LogP contribution in [0.4, 0.5) is 0 Å². The normalized spacial score (nSPS) is 20.4. The van der Waals surface area contributed by atoms with E-state index in [9.17, 15) is 0 Å². The Labute approximate surface area is 122 Å². The van der Waals surface area contributed by atoms with Crippen molar-refractivity contribution < 1.29 is 4.74 Å². The summed E-state index contributed by atoms with van der Waals surface area (Å²) < 4.78 is 7.74. The molecule has 1 unspecified atom stereocenters. The Morgan fingerprint density at radius 3 is 3.10 bits per heavy atom. The molecule has 0 N–H and O–H groups in total. The highest BCUT2D eigenvalue weighted by molar-refractivity contribution is 7.09. The number of hydrogen-bond donors (Lipinski definition) is 0. The van der Waals surface area contributed by atoms with Crippen molar-refractivity contribution >= 4 is 11.3 Å². The van der Waals surface area contributed by atoms with Crippen LogP contribution in [-0.4, -0.2) is 44.3 Å². The number of hydrogen-bond acceptors (Lipinski definition) is 6. The summed E-state index contributed by atoms with van der Waals surface area (Å²) in [5, 5.41) is 11.4. The highest BCUT2D eigenvalue weighted by Gasteiger charge is 2.25. The second-order valence-corrected chi connectivity index (χ2v) is 5.92. The minimum Gasteiger partial charge on any atom is -0.368 e. The third-order valence-corrected chi connectivity index (χ3v) is 4.51. The van der Waals surface area contributed by atoms with Crippen molar-refractivity contribution in [2.24, 2.45) is 7.05 Å². The van der Waals surface area contributed by atoms with Gasteiger partial charge in [-0.1, -0.05) is 6.92 Å². The van der Waals surface area contributed by atoms with Gasteiger partial charge in [0, 0.05) is 32.1 Å². The minimum atomic E-state index is 0.000492. The molecule has 0 bridgehead atoms. The maximum absolute atomic E-state index is 5.81. The second kappa shape index (κ2) is 5.99. The molecule has 0 aliphatic carbocycles. The van der Waals surface area contributed by atoms with E-state index in [1.807, 2.05) is 11.6 Å². The zero-order valence-corrected chi connectivity index (χ0v) is 12.6. The molecule has 1 aliphatic heterocycles. The predicted octanol–water partition coefficient (Wildman–Crippen LogP) is 1.41. The summed E-state index contributed by atoms with van der Waals surface area (Å²) in [4.78, 5) is 7.00. The average molecular weight is 293 g/mol. The van der Waals surface area contributed by atoms with Gasteiger partial charge in [0.05, 0.1) is 17.3 Å². The van der Waals surface area contributed by atoms with Gasteiger partial charge < -0.3 is 9.30 Å². The molecule has 0 radical (unpaired) electrons. The van der Waals surface area contributed by atoms with Crippen LogP contribution in [0.25, 0.3) is 0 Å². The van der Waals surface area contributed by atoms with Crippen LogP contribution in [0.15, 0.2) is 11.7 Å². The Balaban J connectivity index is 1.65. The van der Waals surface area contributed by atoms with Crippen molar-refractivity contribution in [2.45, 2.75) is 26.0 Å². The summed E-state index contributed by atoms with van der Waals surface area (Å²) in [6, 6.07) is 0. The quantitative estimate of drug-likeness (QED) is 0.853. The van der Waals surface area contributed by atoms with Gasteiger partial charge in [-0.2, -0.15) is 0 Å². The molecular weight excluding hydrogens is 274 g/mol. The zero-order valence-electron chi connectivity index (χ0n) is 11.8. The number of nitrogens with zero attached hydrogens (tertiary/aromatic N) is 5. The molecule has 2 aromatic rings. The zero-order chi connectivity index (χ0) is 13.9. The fraction of sp³-hybridized carbons (Fsp3) is 0.615. The van der Waals surface area contributed by atoms with Gasteiger partial charge in [-0.15, -0.1) is 21.5 Å². The Bertz CT molecular complexity index is 567. The number of morpholine rings is 1. The minimum absolute atomic E-state index is 0.000492. The summed E-state index contributed by atoms with van der Waals surface area (Å²) in [6.07, 6.45) is 2.72. The molecule has 1 saturated heterocycles. The van der Waals surface area contributed by atoms with E-state index in [4.69, 9.17) is 4.74 Å². The lowest BCUT2D eigenvalue weighted by molar-refractivity contribution is -0.0388. The van der Waals surface area contributed by atoms with Crippen molar-refractivity contribution in [3.05, 3.63) is 28.2 Å². The van der Waals surface area contributed by atoms with Crippen LogP contribution in [0.1, 0.15) is 29.6 Å². The molecule has 3 rings (SSSR count). The van der Waals surface area contributed by atoms with E-state index in [0.29, 0.717) is 0 Å². The van der Waals surface area contributed by atoms with Gasteiger partial charge in [0.1, 0.15) is 12.4 Å². The van der Waals surface area contributed by atoms with Gasteiger partial charge in [-0.3, -0.25) is 4.90 Å². The van der Waals surface area contributed by atoms with Crippen LogP contribution in [0.5, 0.6) is 0 Å². The molecule has 20 heavy (non-hydrogen) atoms. The second-order valence-electron chi connectivity index (χ2n) is 4.98. The van der Waals surface area contributed by atoms with Crippen LogP contribution in [0.3, 0.4) is 0 Å². The van der Waals surface area contributed by atoms with E-state index in [2.05, 4.69) is 32.4 Å². The van der Waals surface area contributed by atoms with Crippen molar-refractivity contribution in [1.82, 2.24) is 24.6 Å². The molecule has 1 atom stereocenters. The first-order chi connectivity index (χ1) is 9.76. The lowest BCUT2D eigenvalue weighted by Gasteiger charge is -2.31. The summed E-state index contributed by atoms with van der Waals surface area (Å²) >= 11 is 1.74. The van der Waals surface area contributed by atoms with Crippen molar-refractivity contribution in [1.29, 1.82) is 0 Å². The van der Waals surface area contributed by atoms with E-state index < -0.39 is 0 Å². The fourth-order valence-corrected chi connectivity index (χ4v) is 3.13. The van der Waals surface area contributed by atoms with E-state index in [0.717, 1.165) is 44.2 Å². The van der Waals surface area contributed by atoms with Crippen LogP contribution < -0.4 is 0 Å². The lowest BCUT2D eigenvalue weighted by Crippen LogP contribution is -2.38. The van der Waals surface area contributed by atoms with Crippen molar-refractivity contribution in [3.8, 4) is 0 Å². The molecule has 7 heteroatoms. The monoisotopic (exact) mass is 293 g/mol. The molecule has 0 saturated carbocycles. The smallest absolute Gasteiger partial charge is 0.163 e. The number of aryl methyl sites for hydroxylation is 2. The summed E-state index contributed by atoms with van der Waals surface area (Å²) in [7, 11) is 1.95. The maximum Gasteiger partial charge on any atom is 0.163 e. The largest absolute Gasteiger partial charge is 0.368 e. The Morgan fingerprint density at radius 1 is 1.50 bits per heavy atom. The number of thiazole rings is 1. The molecule has 0 spiro atoms. The molecule has 1 aliphatic rings. The Morgan fingerprint density at radius 2 is 2.40 bits per heavy atom. The molecule has 6 nitrogen and oxygen atoms in total. The molecule has 0 aromatic carbocycles. The Kier molecular flexibility index (Phi) is 4.09. The number of rotatable bonds is 4. The first-order valence-electron chi connectivity index (χ1n) is 6.87. The van der Waals surface area contributed by atoms with Crippen LogP contribution in [0, 0.1) is 0 Å². The summed E-state index contributed by atoms with van der Waals surface area (Å²) in [5.41, 5.74) is 1.16. The van der Waals surface area contributed by atoms with Crippen LogP contribution in [0.2, 0.25) is 0 Å². The molecule has 3 heterocycles. The molecule has 0 amide bonds. The highest BCUT2D eigenvalue weighted by atomic mass is 32.1.